The number of nitrogen functional groups attached to an aromatic ring is 1. The lowest BCUT2D eigenvalue weighted by molar-refractivity contribution is -0.140. The van der Waals surface area contributed by atoms with Gasteiger partial charge in [0.15, 0.2) is 0 Å². The van der Waals surface area contributed by atoms with Crippen LogP contribution in [0.25, 0.3) is 0 Å². The highest BCUT2D eigenvalue weighted by atomic mass is 16.5. The molecule has 3 rings (SSSR count). The van der Waals surface area contributed by atoms with E-state index in [4.69, 9.17) is 11.1 Å². The van der Waals surface area contributed by atoms with E-state index in [1.54, 1.807) is 15.3 Å². The lowest BCUT2D eigenvalue weighted by Crippen LogP contribution is -2.29. The Balaban J connectivity index is 1.60. The number of nitrogens with one attached hydrogen (secondary N) is 1. The van der Waals surface area contributed by atoms with E-state index >= 15 is 0 Å². The van der Waals surface area contributed by atoms with Crippen LogP contribution in [0.15, 0.2) is 41.5 Å². The van der Waals surface area contributed by atoms with Crippen molar-refractivity contribution in [2.45, 2.75) is 50.6 Å². The number of aromatic nitrogens is 2. The SMILES string of the molecule is COC(=O)CCn1ccn(C2CCC(c3ccc(C(=N)N)cc3)CC2)c1=O. The van der Waals surface area contributed by atoms with Crippen LogP contribution in [0.4, 0.5) is 0 Å². The Morgan fingerprint density at radius 1 is 1.19 bits per heavy atom. The lowest BCUT2D eigenvalue weighted by atomic mass is 9.81. The molecule has 1 aromatic heterocycles. The van der Waals surface area contributed by atoms with Gasteiger partial charge in [0, 0.05) is 30.5 Å². The first-order valence-corrected chi connectivity index (χ1v) is 9.28. The van der Waals surface area contributed by atoms with Crippen LogP contribution < -0.4 is 11.4 Å². The third kappa shape index (κ3) is 4.30. The van der Waals surface area contributed by atoms with Gasteiger partial charge in [-0.3, -0.25) is 19.3 Å². The summed E-state index contributed by atoms with van der Waals surface area (Å²) in [7, 11) is 1.35. The van der Waals surface area contributed by atoms with Gasteiger partial charge < -0.3 is 10.5 Å². The van der Waals surface area contributed by atoms with Gasteiger partial charge in [0.2, 0.25) is 0 Å². The number of hydrogen-bond acceptors (Lipinski definition) is 4. The Bertz CT molecular complexity index is 858. The minimum absolute atomic E-state index is 0.0619. The lowest BCUT2D eigenvalue weighted by Gasteiger charge is -2.29. The number of nitrogens with zero attached hydrogens (tertiary/aromatic N) is 2. The van der Waals surface area contributed by atoms with Gasteiger partial charge in [0.1, 0.15) is 5.84 Å². The smallest absolute Gasteiger partial charge is 0.328 e. The van der Waals surface area contributed by atoms with Crippen molar-refractivity contribution in [2.24, 2.45) is 5.73 Å². The summed E-state index contributed by atoms with van der Waals surface area (Å²) in [5, 5.41) is 7.48. The molecule has 0 unspecified atom stereocenters. The number of ether oxygens (including phenoxy) is 1. The molecule has 27 heavy (non-hydrogen) atoms. The summed E-state index contributed by atoms with van der Waals surface area (Å²) in [6.45, 7) is 0.344. The van der Waals surface area contributed by atoms with Gasteiger partial charge in [-0.25, -0.2) is 4.79 Å². The molecule has 1 saturated carbocycles. The standard InChI is InChI=1S/C20H26N4O3/c1-27-18(25)10-11-23-12-13-24(20(23)26)17-8-6-15(7-9-17)14-2-4-16(5-3-14)19(21)22/h2-5,12-13,15,17H,6-11H2,1H3,(H3,21,22). The number of amidine groups is 1. The van der Waals surface area contributed by atoms with Gasteiger partial charge in [0.05, 0.1) is 13.5 Å². The average Bonchev–Trinajstić information content (AvgIpc) is 3.06. The summed E-state index contributed by atoms with van der Waals surface area (Å²) in [6.07, 6.45) is 7.70. The maximum absolute atomic E-state index is 12.6. The maximum atomic E-state index is 12.6. The Labute approximate surface area is 158 Å². The zero-order chi connectivity index (χ0) is 19.4. The Hall–Kier alpha value is -2.83. The van der Waals surface area contributed by atoms with Crippen LogP contribution in [-0.2, 0) is 16.1 Å². The molecule has 7 heteroatoms. The van der Waals surface area contributed by atoms with Crippen molar-refractivity contribution < 1.29 is 9.53 Å². The highest BCUT2D eigenvalue weighted by Crippen LogP contribution is 2.37. The van der Waals surface area contributed by atoms with E-state index in [1.165, 1.54) is 12.7 Å². The highest BCUT2D eigenvalue weighted by Gasteiger charge is 2.25. The number of esters is 1. The van der Waals surface area contributed by atoms with Crippen molar-refractivity contribution in [1.82, 2.24) is 9.13 Å². The molecule has 0 saturated heterocycles. The Kier molecular flexibility index (Phi) is 5.78. The zero-order valence-electron chi connectivity index (χ0n) is 15.6. The minimum atomic E-state index is -0.314. The van der Waals surface area contributed by atoms with Crippen LogP contribution in [0.5, 0.6) is 0 Å². The molecule has 1 heterocycles. The van der Waals surface area contributed by atoms with Gasteiger partial charge in [-0.15, -0.1) is 0 Å². The summed E-state index contributed by atoms with van der Waals surface area (Å²) in [4.78, 5) is 23.8. The molecule has 144 valence electrons. The Morgan fingerprint density at radius 2 is 1.85 bits per heavy atom. The third-order valence-electron chi connectivity index (χ3n) is 5.44. The summed E-state index contributed by atoms with van der Waals surface area (Å²) < 4.78 is 8.00. The van der Waals surface area contributed by atoms with Crippen LogP contribution in [0, 0.1) is 5.41 Å². The first-order valence-electron chi connectivity index (χ1n) is 9.28. The van der Waals surface area contributed by atoms with Gasteiger partial charge >= 0.3 is 11.7 Å². The summed E-state index contributed by atoms with van der Waals surface area (Å²) in [5.74, 6) is 0.242. The number of benzene rings is 1. The maximum Gasteiger partial charge on any atom is 0.328 e. The topological polar surface area (TPSA) is 103 Å². The summed E-state index contributed by atoms with van der Waals surface area (Å²) in [6, 6.07) is 8.10. The Morgan fingerprint density at radius 3 is 2.44 bits per heavy atom. The largest absolute Gasteiger partial charge is 0.469 e. The van der Waals surface area contributed by atoms with Crippen LogP contribution >= 0.6 is 0 Å². The molecule has 1 aliphatic rings. The van der Waals surface area contributed by atoms with Gasteiger partial charge in [-0.2, -0.15) is 0 Å². The van der Waals surface area contributed by atoms with E-state index in [0.29, 0.717) is 12.5 Å². The number of rotatable bonds is 6. The number of imidazole rings is 1. The van der Waals surface area contributed by atoms with E-state index < -0.39 is 0 Å². The minimum Gasteiger partial charge on any atom is -0.469 e. The number of methoxy groups -OCH3 is 1. The number of aryl methyl sites for hydroxylation is 1. The first kappa shape index (κ1) is 18.9. The molecule has 2 aromatic rings. The van der Waals surface area contributed by atoms with Crippen molar-refractivity contribution in [3.63, 3.8) is 0 Å². The molecule has 1 fully saturated rings. The van der Waals surface area contributed by atoms with E-state index in [9.17, 15) is 9.59 Å². The fraction of sp³-hybridized carbons (Fsp3) is 0.450. The second kappa shape index (κ2) is 8.24. The van der Waals surface area contributed by atoms with E-state index in [0.717, 1.165) is 31.2 Å². The number of hydrogen-bond donors (Lipinski definition) is 2. The summed E-state index contributed by atoms with van der Waals surface area (Å²) >= 11 is 0. The van der Waals surface area contributed by atoms with E-state index in [1.807, 2.05) is 18.3 Å². The van der Waals surface area contributed by atoms with Crippen molar-refractivity contribution in [3.8, 4) is 0 Å². The molecule has 1 aliphatic carbocycles. The van der Waals surface area contributed by atoms with Crippen LogP contribution in [0.3, 0.4) is 0 Å². The number of nitrogens with two attached hydrogens (primary N) is 1. The number of carbonyl (C=O) groups excluding carboxylic acids is 1. The number of carbonyl (C=O) groups is 1. The molecule has 0 aliphatic heterocycles. The zero-order valence-corrected chi connectivity index (χ0v) is 15.6. The third-order valence-corrected chi connectivity index (χ3v) is 5.44. The molecule has 0 amide bonds. The van der Waals surface area contributed by atoms with E-state index in [2.05, 4.69) is 16.9 Å². The van der Waals surface area contributed by atoms with Crippen LogP contribution in [-0.4, -0.2) is 28.0 Å². The highest BCUT2D eigenvalue weighted by molar-refractivity contribution is 5.94. The van der Waals surface area contributed by atoms with Crippen molar-refractivity contribution in [2.75, 3.05) is 7.11 Å². The van der Waals surface area contributed by atoms with Crippen LogP contribution in [0.1, 0.15) is 55.2 Å². The fourth-order valence-corrected chi connectivity index (χ4v) is 3.81. The quantitative estimate of drug-likeness (QED) is 0.463. The molecule has 0 atom stereocenters. The normalized spacial score (nSPS) is 19.6. The second-order valence-corrected chi connectivity index (χ2v) is 7.05. The van der Waals surface area contributed by atoms with Crippen molar-refractivity contribution in [3.05, 3.63) is 58.3 Å². The average molecular weight is 370 g/mol. The molecular weight excluding hydrogens is 344 g/mol. The molecule has 3 N–H and O–H groups in total. The fourth-order valence-electron chi connectivity index (χ4n) is 3.81. The molecule has 0 bridgehead atoms. The van der Waals surface area contributed by atoms with E-state index in [-0.39, 0.29) is 30.0 Å². The predicted molar refractivity (Wildman–Crippen MR) is 103 cm³/mol. The molecule has 7 nitrogen and oxygen atoms in total. The van der Waals surface area contributed by atoms with Crippen LogP contribution in [0.2, 0.25) is 0 Å². The molecule has 0 radical (unpaired) electrons. The second-order valence-electron chi connectivity index (χ2n) is 7.05. The van der Waals surface area contributed by atoms with Gasteiger partial charge in [-0.1, -0.05) is 24.3 Å². The monoisotopic (exact) mass is 370 g/mol. The molecular formula is C20H26N4O3. The van der Waals surface area contributed by atoms with Crippen molar-refractivity contribution in [1.29, 1.82) is 5.41 Å². The van der Waals surface area contributed by atoms with Gasteiger partial charge in [0.25, 0.3) is 0 Å². The van der Waals surface area contributed by atoms with Gasteiger partial charge in [-0.05, 0) is 37.2 Å². The molecule has 0 spiro atoms. The first-order chi connectivity index (χ1) is 13.0. The van der Waals surface area contributed by atoms with Crippen molar-refractivity contribution >= 4 is 11.8 Å². The summed E-state index contributed by atoms with van der Waals surface area (Å²) in [5.41, 5.74) is 7.46. The molecule has 1 aromatic carbocycles. The predicted octanol–water partition coefficient (Wildman–Crippen LogP) is 2.40.